The Bertz CT molecular complexity index is 1270. The number of rotatable bonds is 11. The molecule has 0 saturated carbocycles. The number of nitrogens with one attached hydrogen (secondary N) is 1. The fraction of sp³-hybridized carbons (Fsp3) is 0.514. The molecule has 4 atom stereocenters. The molecule has 0 saturated heterocycles. The van der Waals surface area contributed by atoms with E-state index in [-0.39, 0.29) is 24.5 Å². The van der Waals surface area contributed by atoms with Gasteiger partial charge in [-0.1, -0.05) is 71.4 Å². The molecular formula is C35H48F6N2O3. The first-order chi connectivity index (χ1) is 21.4. The van der Waals surface area contributed by atoms with Crippen LogP contribution in [0.15, 0.2) is 59.3 Å². The third kappa shape index (κ3) is 13.9. The molecule has 1 aliphatic carbocycles. The van der Waals surface area contributed by atoms with Gasteiger partial charge in [-0.15, -0.1) is 0 Å². The molecule has 4 unspecified atom stereocenters. The largest absolute Gasteiger partial charge is 0.417 e. The number of nitrogens with two attached hydrogens (primary N) is 1. The summed E-state index contributed by atoms with van der Waals surface area (Å²) in [5.41, 5.74) is 2.49. The minimum absolute atomic E-state index is 0.0405. The molecule has 258 valence electrons. The van der Waals surface area contributed by atoms with Gasteiger partial charge in [0, 0.05) is 36.1 Å². The molecule has 46 heavy (non-hydrogen) atoms. The van der Waals surface area contributed by atoms with Crippen molar-refractivity contribution in [2.24, 2.45) is 17.6 Å². The summed E-state index contributed by atoms with van der Waals surface area (Å²) in [5.74, 6) is -2.10. The third-order valence-electron chi connectivity index (χ3n) is 7.32. The zero-order chi connectivity index (χ0) is 35.8. The summed E-state index contributed by atoms with van der Waals surface area (Å²) in [4.78, 5) is 34.7. The van der Waals surface area contributed by atoms with E-state index in [0.29, 0.717) is 36.2 Å². The first-order valence-electron chi connectivity index (χ1n) is 15.4. The van der Waals surface area contributed by atoms with Gasteiger partial charge >= 0.3 is 12.4 Å². The van der Waals surface area contributed by atoms with Gasteiger partial charge in [0.05, 0.1) is 11.1 Å². The summed E-state index contributed by atoms with van der Waals surface area (Å²) in [6.45, 7) is 14.7. The van der Waals surface area contributed by atoms with Gasteiger partial charge in [0.15, 0.2) is 0 Å². The highest BCUT2D eigenvalue weighted by Gasteiger charge is 2.41. The summed E-state index contributed by atoms with van der Waals surface area (Å²) in [6.07, 6.45) is -3.24. The molecule has 0 aromatic heterocycles. The van der Waals surface area contributed by atoms with Crippen LogP contribution < -0.4 is 11.1 Å². The summed E-state index contributed by atoms with van der Waals surface area (Å²) in [6, 6.07) is 3.73. The molecule has 0 aliphatic heterocycles. The minimum atomic E-state index is -4.95. The van der Waals surface area contributed by atoms with E-state index in [0.717, 1.165) is 42.9 Å². The lowest BCUT2D eigenvalue weighted by molar-refractivity contribution is -0.138. The number of carbonyl (C=O) groups excluding carboxylic acids is 3. The average Bonchev–Trinajstić information content (AvgIpc) is 3.22. The van der Waals surface area contributed by atoms with E-state index in [1.165, 1.54) is 6.07 Å². The van der Waals surface area contributed by atoms with Crippen molar-refractivity contribution in [1.29, 1.82) is 0 Å². The Hall–Kier alpha value is -3.47. The van der Waals surface area contributed by atoms with Crippen molar-refractivity contribution in [3.8, 4) is 0 Å². The second-order valence-corrected chi connectivity index (χ2v) is 11.1. The highest BCUT2D eigenvalue weighted by Crippen LogP contribution is 2.44. The van der Waals surface area contributed by atoms with Gasteiger partial charge in [0.2, 0.25) is 5.91 Å². The molecule has 0 bridgehead atoms. The van der Waals surface area contributed by atoms with Crippen LogP contribution in [0.1, 0.15) is 104 Å². The van der Waals surface area contributed by atoms with Crippen molar-refractivity contribution in [3.63, 3.8) is 0 Å². The number of aldehydes is 2. The topological polar surface area (TPSA) is 89.3 Å². The second kappa shape index (κ2) is 19.9. The van der Waals surface area contributed by atoms with Crippen LogP contribution in [0.3, 0.4) is 0 Å². The van der Waals surface area contributed by atoms with E-state index in [9.17, 15) is 40.7 Å². The van der Waals surface area contributed by atoms with Gasteiger partial charge < -0.3 is 20.6 Å². The van der Waals surface area contributed by atoms with Crippen molar-refractivity contribution in [2.45, 2.75) is 105 Å². The van der Waals surface area contributed by atoms with E-state index in [2.05, 4.69) is 12.2 Å². The predicted octanol–water partition coefficient (Wildman–Crippen LogP) is 9.25. The lowest BCUT2D eigenvalue weighted by atomic mass is 9.88. The molecule has 1 aromatic rings. The minimum Gasteiger partial charge on any atom is -0.328 e. The maximum absolute atomic E-state index is 14.0. The molecule has 1 amide bonds. The van der Waals surface area contributed by atoms with Crippen LogP contribution in [-0.2, 0) is 20.6 Å². The van der Waals surface area contributed by atoms with Gasteiger partial charge in [-0.05, 0) is 67.9 Å². The molecule has 0 fully saturated rings. The highest BCUT2D eigenvalue weighted by atomic mass is 19.4. The first-order valence-corrected chi connectivity index (χ1v) is 15.4. The van der Waals surface area contributed by atoms with Crippen LogP contribution in [0.5, 0.6) is 0 Å². The molecule has 0 spiro atoms. The number of hydrogen-bond donors (Lipinski definition) is 2. The number of amides is 1. The zero-order valence-electron chi connectivity index (χ0n) is 27.9. The van der Waals surface area contributed by atoms with Gasteiger partial charge in [-0.2, -0.15) is 26.3 Å². The molecule has 1 aliphatic rings. The number of halogens is 6. The third-order valence-corrected chi connectivity index (χ3v) is 7.32. The number of hydrogen-bond acceptors (Lipinski definition) is 4. The average molecular weight is 659 g/mol. The van der Waals surface area contributed by atoms with Crippen LogP contribution in [0.2, 0.25) is 0 Å². The van der Waals surface area contributed by atoms with Crippen LogP contribution in [-0.4, -0.2) is 30.7 Å². The number of allylic oxidation sites excluding steroid dienone is 6. The molecule has 5 nitrogen and oxygen atoms in total. The number of carbonyl (C=O) groups is 3. The van der Waals surface area contributed by atoms with Gasteiger partial charge in [0.25, 0.3) is 0 Å². The second-order valence-electron chi connectivity index (χ2n) is 11.1. The van der Waals surface area contributed by atoms with Crippen molar-refractivity contribution >= 4 is 24.1 Å². The zero-order valence-corrected chi connectivity index (χ0v) is 27.9. The van der Waals surface area contributed by atoms with Gasteiger partial charge in [-0.25, -0.2) is 0 Å². The summed E-state index contributed by atoms with van der Waals surface area (Å²) >= 11 is 0. The van der Waals surface area contributed by atoms with Crippen molar-refractivity contribution in [3.05, 3.63) is 76.0 Å². The number of alkyl halides is 6. The van der Waals surface area contributed by atoms with Crippen molar-refractivity contribution < 1.29 is 40.7 Å². The Balaban J connectivity index is 0.00000263. The quantitative estimate of drug-likeness (QED) is 0.141. The van der Waals surface area contributed by atoms with Gasteiger partial charge in [0.1, 0.15) is 12.6 Å². The Labute approximate surface area is 269 Å². The van der Waals surface area contributed by atoms with E-state index in [1.807, 2.05) is 20.8 Å². The summed E-state index contributed by atoms with van der Waals surface area (Å²) in [7, 11) is 0. The predicted molar refractivity (Wildman–Crippen MR) is 172 cm³/mol. The van der Waals surface area contributed by atoms with Crippen molar-refractivity contribution in [2.75, 3.05) is 0 Å². The Morgan fingerprint density at radius 3 is 2.00 bits per heavy atom. The smallest absolute Gasteiger partial charge is 0.328 e. The molecule has 0 radical (unpaired) electrons. The maximum atomic E-state index is 14.0. The van der Waals surface area contributed by atoms with Crippen LogP contribution >= 0.6 is 0 Å². The Morgan fingerprint density at radius 1 is 0.957 bits per heavy atom. The first kappa shape index (κ1) is 42.5. The van der Waals surface area contributed by atoms with E-state index in [4.69, 9.17) is 5.73 Å². The monoisotopic (exact) mass is 658 g/mol. The van der Waals surface area contributed by atoms with Crippen molar-refractivity contribution in [1.82, 2.24) is 5.32 Å². The molecule has 11 heteroatoms. The summed E-state index contributed by atoms with van der Waals surface area (Å²) < 4.78 is 83.9. The molecule has 0 heterocycles. The van der Waals surface area contributed by atoms with Crippen LogP contribution in [0, 0.1) is 11.8 Å². The SMILES string of the molecule is CC.CCC(C)N.CCC(C)c1ccc(C2=CC=C(NC(=O)/C=C(\C)CC(C=O)C(C)C=O)CC=C2C(F)(F)F)c(C(F)(F)F)c1. The lowest BCUT2D eigenvalue weighted by Gasteiger charge is -2.21. The van der Waals surface area contributed by atoms with Crippen LogP contribution in [0.25, 0.3) is 5.57 Å². The van der Waals surface area contributed by atoms with Crippen LogP contribution in [0.4, 0.5) is 26.3 Å². The molecule has 2 rings (SSSR count). The highest BCUT2D eigenvalue weighted by molar-refractivity contribution is 5.90. The Morgan fingerprint density at radius 2 is 1.54 bits per heavy atom. The fourth-order valence-electron chi connectivity index (χ4n) is 4.14. The lowest BCUT2D eigenvalue weighted by Crippen LogP contribution is -2.21. The standard InChI is InChI=1S/C29H31F6NO3.C4H11N.C2H6/c1-5-18(3)20-6-9-24(26(14-20)29(33,34)35)23-10-7-22(8-11-25(23)28(30,31)32)36-27(39)13-17(2)12-21(16-38)19(4)15-37;1-3-4(2)5;1-2/h6-7,9-11,13-16,18-19,21H,5,8,12H2,1-4H3,(H,36,39);4H,3,5H2,1-2H3;1-2H3/b17-13+;;. The van der Waals surface area contributed by atoms with E-state index < -0.39 is 52.4 Å². The fourth-order valence-corrected chi connectivity index (χ4v) is 4.14. The van der Waals surface area contributed by atoms with Gasteiger partial charge in [-0.3, -0.25) is 4.79 Å². The van der Waals surface area contributed by atoms with E-state index in [1.54, 1.807) is 27.7 Å². The summed E-state index contributed by atoms with van der Waals surface area (Å²) in [5, 5.41) is 2.45. The maximum Gasteiger partial charge on any atom is 0.417 e. The molecule has 1 aromatic carbocycles. The molecule has 3 N–H and O–H groups in total. The number of benzene rings is 1. The van der Waals surface area contributed by atoms with E-state index >= 15 is 0 Å². The Kier molecular flexibility index (Phi) is 18.4. The molecular weight excluding hydrogens is 610 g/mol. The normalized spacial score (nSPS) is 16.3.